The van der Waals surface area contributed by atoms with Crippen molar-refractivity contribution in [3.05, 3.63) is 28.8 Å². The first-order valence-electron chi connectivity index (χ1n) is 6.66. The van der Waals surface area contributed by atoms with Crippen LogP contribution in [-0.2, 0) is 0 Å². The zero-order valence-electron chi connectivity index (χ0n) is 11.5. The van der Waals surface area contributed by atoms with E-state index in [9.17, 15) is 18.0 Å². The third kappa shape index (κ3) is 4.03. The summed E-state index contributed by atoms with van der Waals surface area (Å²) >= 11 is 5.95. The molecule has 2 amide bonds. The molecule has 3 nitrogen and oxygen atoms in total. The summed E-state index contributed by atoms with van der Waals surface area (Å²) in [4.78, 5) is 13.2. The van der Waals surface area contributed by atoms with Crippen LogP contribution in [0.25, 0.3) is 0 Å². The van der Waals surface area contributed by atoms with Crippen molar-refractivity contribution in [1.82, 2.24) is 4.90 Å². The monoisotopic (exact) mass is 320 g/mol. The van der Waals surface area contributed by atoms with Crippen molar-refractivity contribution in [3.63, 3.8) is 0 Å². The Balaban J connectivity index is 2.01. The fourth-order valence-corrected chi connectivity index (χ4v) is 2.48. The quantitative estimate of drug-likeness (QED) is 0.814. The number of alkyl halides is 3. The number of aryl methyl sites for hydroxylation is 1. The fourth-order valence-electron chi connectivity index (χ4n) is 2.30. The molecule has 21 heavy (non-hydrogen) atoms. The number of anilines is 1. The second-order valence-corrected chi connectivity index (χ2v) is 5.63. The number of hydrogen-bond donors (Lipinski definition) is 1. The molecular formula is C14H16ClF3N2O. The summed E-state index contributed by atoms with van der Waals surface area (Å²) in [6.45, 7) is 1.86. The van der Waals surface area contributed by atoms with E-state index in [-0.39, 0.29) is 13.0 Å². The van der Waals surface area contributed by atoms with Gasteiger partial charge in [0.15, 0.2) is 0 Å². The number of carbonyl (C=O) groups excluding carboxylic acids is 1. The van der Waals surface area contributed by atoms with Gasteiger partial charge in [-0.2, -0.15) is 13.2 Å². The molecule has 0 aromatic heterocycles. The van der Waals surface area contributed by atoms with Crippen molar-refractivity contribution in [2.75, 3.05) is 18.4 Å². The van der Waals surface area contributed by atoms with Crippen LogP contribution in [0.3, 0.4) is 0 Å². The van der Waals surface area contributed by atoms with Crippen molar-refractivity contribution < 1.29 is 18.0 Å². The van der Waals surface area contributed by atoms with Gasteiger partial charge in [0.1, 0.15) is 0 Å². The lowest BCUT2D eigenvalue weighted by Gasteiger charge is -2.33. The van der Waals surface area contributed by atoms with Gasteiger partial charge in [-0.3, -0.25) is 0 Å². The Morgan fingerprint density at radius 2 is 2.14 bits per heavy atom. The second kappa shape index (κ2) is 6.13. The van der Waals surface area contributed by atoms with Crippen molar-refractivity contribution >= 4 is 23.3 Å². The molecule has 1 aliphatic rings. The summed E-state index contributed by atoms with van der Waals surface area (Å²) in [5.41, 5.74) is 1.34. The molecule has 1 aromatic carbocycles. The van der Waals surface area contributed by atoms with Gasteiger partial charge in [-0.25, -0.2) is 4.79 Å². The highest BCUT2D eigenvalue weighted by Gasteiger charge is 2.42. The number of nitrogens with zero attached hydrogens (tertiary/aromatic N) is 1. The van der Waals surface area contributed by atoms with Crippen LogP contribution < -0.4 is 5.32 Å². The number of carbonyl (C=O) groups is 1. The summed E-state index contributed by atoms with van der Waals surface area (Å²) < 4.78 is 38.2. The van der Waals surface area contributed by atoms with Crippen LogP contribution in [0.2, 0.25) is 5.02 Å². The van der Waals surface area contributed by atoms with Crippen molar-refractivity contribution in [2.45, 2.75) is 25.9 Å². The van der Waals surface area contributed by atoms with E-state index in [0.717, 1.165) is 5.56 Å². The average Bonchev–Trinajstić information content (AvgIpc) is 2.42. The van der Waals surface area contributed by atoms with E-state index < -0.39 is 18.1 Å². The van der Waals surface area contributed by atoms with E-state index >= 15 is 0 Å². The number of piperidine rings is 1. The molecule has 1 saturated heterocycles. The standard InChI is InChI=1S/C14H16ClF3N2O/c1-9-4-5-11(7-12(9)15)19-13(21)20-6-2-3-10(8-20)14(16,17)18/h4-5,7,10H,2-3,6,8H2,1H3,(H,19,21)/t10-/m0/s1. The highest BCUT2D eigenvalue weighted by Crippen LogP contribution is 2.33. The smallest absolute Gasteiger partial charge is 0.324 e. The SMILES string of the molecule is Cc1ccc(NC(=O)N2CCC[C@H](C(F)(F)F)C2)cc1Cl. The van der Waals surface area contributed by atoms with E-state index in [1.54, 1.807) is 18.2 Å². The molecule has 2 rings (SSSR count). The van der Waals surface area contributed by atoms with E-state index in [0.29, 0.717) is 23.7 Å². The maximum absolute atomic E-state index is 12.7. The Kier molecular flexibility index (Phi) is 4.66. The van der Waals surface area contributed by atoms with Gasteiger partial charge in [-0.15, -0.1) is 0 Å². The van der Waals surface area contributed by atoms with Gasteiger partial charge < -0.3 is 10.2 Å². The summed E-state index contributed by atoms with van der Waals surface area (Å²) in [5.74, 6) is -1.45. The van der Waals surface area contributed by atoms with Gasteiger partial charge in [0, 0.05) is 23.8 Å². The third-order valence-electron chi connectivity index (χ3n) is 3.59. The molecule has 0 bridgehead atoms. The number of hydrogen-bond acceptors (Lipinski definition) is 1. The summed E-state index contributed by atoms with van der Waals surface area (Å²) in [6.07, 6.45) is -3.83. The third-order valence-corrected chi connectivity index (χ3v) is 4.00. The van der Waals surface area contributed by atoms with Crippen LogP contribution in [0.15, 0.2) is 18.2 Å². The lowest BCUT2D eigenvalue weighted by molar-refractivity contribution is -0.183. The number of rotatable bonds is 1. The van der Waals surface area contributed by atoms with Crippen LogP contribution >= 0.6 is 11.6 Å². The molecule has 1 N–H and O–H groups in total. The first-order valence-corrected chi connectivity index (χ1v) is 7.04. The predicted molar refractivity (Wildman–Crippen MR) is 75.6 cm³/mol. The zero-order chi connectivity index (χ0) is 15.6. The number of halogens is 4. The Morgan fingerprint density at radius 1 is 1.43 bits per heavy atom. The Hall–Kier alpha value is -1.43. The minimum absolute atomic E-state index is 0.0731. The van der Waals surface area contributed by atoms with E-state index in [2.05, 4.69) is 5.32 Å². The zero-order valence-corrected chi connectivity index (χ0v) is 12.3. The first-order chi connectivity index (χ1) is 9.77. The first kappa shape index (κ1) is 15.9. The molecule has 1 fully saturated rings. The molecule has 0 spiro atoms. The molecule has 116 valence electrons. The maximum atomic E-state index is 12.7. The lowest BCUT2D eigenvalue weighted by atomic mass is 9.98. The average molecular weight is 321 g/mol. The second-order valence-electron chi connectivity index (χ2n) is 5.22. The Labute approximate surface area is 126 Å². The summed E-state index contributed by atoms with van der Waals surface area (Å²) in [6, 6.07) is 4.47. The Morgan fingerprint density at radius 3 is 2.76 bits per heavy atom. The normalized spacial score (nSPS) is 19.5. The molecular weight excluding hydrogens is 305 g/mol. The van der Waals surface area contributed by atoms with Crippen LogP contribution in [0, 0.1) is 12.8 Å². The lowest BCUT2D eigenvalue weighted by Crippen LogP contribution is -2.46. The number of urea groups is 1. The highest BCUT2D eigenvalue weighted by atomic mass is 35.5. The van der Waals surface area contributed by atoms with Gasteiger partial charge in [0.2, 0.25) is 0 Å². The fraction of sp³-hybridized carbons (Fsp3) is 0.500. The predicted octanol–water partition coefficient (Wildman–Crippen LogP) is 4.45. The molecule has 0 radical (unpaired) electrons. The van der Waals surface area contributed by atoms with Gasteiger partial charge in [0.05, 0.1) is 5.92 Å². The summed E-state index contributed by atoms with van der Waals surface area (Å²) in [7, 11) is 0. The van der Waals surface area contributed by atoms with Crippen LogP contribution in [0.1, 0.15) is 18.4 Å². The molecule has 7 heteroatoms. The molecule has 0 aliphatic carbocycles. The van der Waals surface area contributed by atoms with Gasteiger partial charge in [-0.1, -0.05) is 17.7 Å². The molecule has 1 aromatic rings. The molecule has 1 heterocycles. The highest BCUT2D eigenvalue weighted by molar-refractivity contribution is 6.31. The van der Waals surface area contributed by atoms with E-state index in [1.165, 1.54) is 4.90 Å². The van der Waals surface area contributed by atoms with Gasteiger partial charge in [0.25, 0.3) is 0 Å². The number of likely N-dealkylation sites (tertiary alicyclic amines) is 1. The molecule has 1 atom stereocenters. The number of nitrogens with one attached hydrogen (secondary N) is 1. The minimum Gasteiger partial charge on any atom is -0.324 e. The van der Waals surface area contributed by atoms with Crippen molar-refractivity contribution in [1.29, 1.82) is 0 Å². The van der Waals surface area contributed by atoms with Gasteiger partial charge >= 0.3 is 12.2 Å². The maximum Gasteiger partial charge on any atom is 0.393 e. The van der Waals surface area contributed by atoms with Crippen molar-refractivity contribution in [2.24, 2.45) is 5.92 Å². The van der Waals surface area contributed by atoms with E-state index in [4.69, 9.17) is 11.6 Å². The van der Waals surface area contributed by atoms with Crippen LogP contribution in [0.5, 0.6) is 0 Å². The molecule has 0 saturated carbocycles. The van der Waals surface area contributed by atoms with E-state index in [1.807, 2.05) is 6.92 Å². The minimum atomic E-state index is -4.26. The van der Waals surface area contributed by atoms with Crippen molar-refractivity contribution in [3.8, 4) is 0 Å². The Bertz CT molecular complexity index is 533. The molecule has 1 aliphatic heterocycles. The summed E-state index contributed by atoms with van der Waals surface area (Å²) in [5, 5.41) is 3.09. The number of amides is 2. The largest absolute Gasteiger partial charge is 0.393 e. The molecule has 0 unspecified atom stereocenters. The van der Waals surface area contributed by atoms with Crippen LogP contribution in [0.4, 0.5) is 23.7 Å². The van der Waals surface area contributed by atoms with Gasteiger partial charge in [-0.05, 0) is 37.5 Å². The topological polar surface area (TPSA) is 32.3 Å². The number of benzene rings is 1. The van der Waals surface area contributed by atoms with Crippen LogP contribution in [-0.4, -0.2) is 30.2 Å².